The number of aliphatic hydroxyl groups excluding tert-OH is 1. The highest BCUT2D eigenvalue weighted by Gasteiger charge is 2.11. The maximum Gasteiger partial charge on any atom is 0.134 e. The van der Waals surface area contributed by atoms with E-state index in [1.165, 1.54) is 0 Å². The number of thiophene rings is 1. The summed E-state index contributed by atoms with van der Waals surface area (Å²) in [6.07, 6.45) is 0. The van der Waals surface area contributed by atoms with E-state index in [1.807, 2.05) is 17.5 Å². The van der Waals surface area contributed by atoms with E-state index in [0.717, 1.165) is 26.3 Å². The SMILES string of the molecule is COc1c(CO)ccc2scc(S)c12. The highest BCUT2D eigenvalue weighted by atomic mass is 32.1. The Morgan fingerprint density at radius 1 is 1.50 bits per heavy atom. The molecule has 0 aliphatic rings. The van der Waals surface area contributed by atoms with Crippen molar-refractivity contribution in [3.63, 3.8) is 0 Å². The first-order valence-corrected chi connectivity index (χ1v) is 5.47. The molecule has 4 heteroatoms. The van der Waals surface area contributed by atoms with Crippen LogP contribution in [0.3, 0.4) is 0 Å². The summed E-state index contributed by atoms with van der Waals surface area (Å²) >= 11 is 5.98. The molecule has 2 rings (SSSR count). The molecule has 1 N–H and O–H groups in total. The lowest BCUT2D eigenvalue weighted by Crippen LogP contribution is -1.91. The largest absolute Gasteiger partial charge is 0.496 e. The molecule has 1 heterocycles. The molecule has 1 aromatic carbocycles. The minimum atomic E-state index is -0.0117. The van der Waals surface area contributed by atoms with Gasteiger partial charge in [-0.15, -0.1) is 24.0 Å². The highest BCUT2D eigenvalue weighted by molar-refractivity contribution is 7.80. The number of fused-ring (bicyclic) bond motifs is 1. The fraction of sp³-hybridized carbons (Fsp3) is 0.200. The zero-order chi connectivity index (χ0) is 10.1. The number of hydrogen-bond acceptors (Lipinski definition) is 4. The molecular weight excluding hydrogens is 216 g/mol. The van der Waals surface area contributed by atoms with Crippen molar-refractivity contribution < 1.29 is 9.84 Å². The third-order valence-electron chi connectivity index (χ3n) is 2.13. The lowest BCUT2D eigenvalue weighted by atomic mass is 10.1. The van der Waals surface area contributed by atoms with Crippen molar-refractivity contribution in [2.45, 2.75) is 11.5 Å². The topological polar surface area (TPSA) is 29.5 Å². The summed E-state index contributed by atoms with van der Waals surface area (Å²) < 4.78 is 6.42. The van der Waals surface area contributed by atoms with Crippen molar-refractivity contribution in [3.8, 4) is 5.75 Å². The number of methoxy groups -OCH3 is 1. The number of benzene rings is 1. The number of thiol groups is 1. The summed E-state index contributed by atoms with van der Waals surface area (Å²) in [7, 11) is 1.61. The van der Waals surface area contributed by atoms with E-state index in [1.54, 1.807) is 18.4 Å². The van der Waals surface area contributed by atoms with Crippen LogP contribution in [0.4, 0.5) is 0 Å². The van der Waals surface area contributed by atoms with Crippen LogP contribution in [-0.2, 0) is 6.61 Å². The molecule has 2 nitrogen and oxygen atoms in total. The van der Waals surface area contributed by atoms with Gasteiger partial charge in [-0.3, -0.25) is 0 Å². The quantitative estimate of drug-likeness (QED) is 0.771. The molecular formula is C10H10O2S2. The maximum atomic E-state index is 9.14. The number of aliphatic hydroxyl groups is 1. The van der Waals surface area contributed by atoms with Gasteiger partial charge in [0.25, 0.3) is 0 Å². The van der Waals surface area contributed by atoms with E-state index in [9.17, 15) is 0 Å². The van der Waals surface area contributed by atoms with Gasteiger partial charge in [0.05, 0.1) is 13.7 Å². The standard InChI is InChI=1S/C10H10O2S2/c1-12-10-6(4-11)2-3-8-9(10)7(13)5-14-8/h2-3,5,11,13H,4H2,1H3. The summed E-state index contributed by atoms with van der Waals surface area (Å²) in [5, 5.41) is 12.1. The number of hydrogen-bond donors (Lipinski definition) is 2. The van der Waals surface area contributed by atoms with Crippen LogP contribution < -0.4 is 4.74 Å². The predicted molar refractivity (Wildman–Crippen MR) is 61.6 cm³/mol. The molecule has 0 bridgehead atoms. The minimum Gasteiger partial charge on any atom is -0.496 e. The van der Waals surface area contributed by atoms with Crippen molar-refractivity contribution in [1.29, 1.82) is 0 Å². The van der Waals surface area contributed by atoms with Crippen LogP contribution in [0.1, 0.15) is 5.56 Å². The summed E-state index contributed by atoms with van der Waals surface area (Å²) in [5.74, 6) is 0.733. The zero-order valence-corrected chi connectivity index (χ0v) is 9.36. The van der Waals surface area contributed by atoms with E-state index < -0.39 is 0 Å². The first kappa shape index (κ1) is 9.83. The van der Waals surface area contributed by atoms with Gasteiger partial charge in [-0.1, -0.05) is 6.07 Å². The van der Waals surface area contributed by atoms with E-state index in [4.69, 9.17) is 9.84 Å². The second-order valence-electron chi connectivity index (χ2n) is 2.91. The Bertz CT molecular complexity index is 462. The Balaban J connectivity index is 2.81. The molecule has 0 spiro atoms. The number of ether oxygens (including phenoxy) is 1. The Hall–Kier alpha value is -0.710. The van der Waals surface area contributed by atoms with Crippen LogP contribution in [0.5, 0.6) is 5.75 Å². The van der Waals surface area contributed by atoms with Gasteiger partial charge in [0, 0.05) is 25.9 Å². The molecule has 0 amide bonds. The van der Waals surface area contributed by atoms with Crippen LogP contribution in [0.15, 0.2) is 22.4 Å². The van der Waals surface area contributed by atoms with Gasteiger partial charge < -0.3 is 9.84 Å². The van der Waals surface area contributed by atoms with Crippen LogP contribution in [0, 0.1) is 0 Å². The first-order chi connectivity index (χ1) is 6.77. The second kappa shape index (κ2) is 3.81. The van der Waals surface area contributed by atoms with Crippen LogP contribution in [0.2, 0.25) is 0 Å². The van der Waals surface area contributed by atoms with Crippen molar-refractivity contribution in [3.05, 3.63) is 23.1 Å². The molecule has 0 saturated carbocycles. The summed E-state index contributed by atoms with van der Waals surface area (Å²) in [5.41, 5.74) is 0.800. The Kier molecular flexibility index (Phi) is 2.67. The van der Waals surface area contributed by atoms with Gasteiger partial charge in [0.15, 0.2) is 0 Å². The van der Waals surface area contributed by atoms with E-state index in [-0.39, 0.29) is 6.61 Å². The van der Waals surface area contributed by atoms with Gasteiger partial charge >= 0.3 is 0 Å². The van der Waals surface area contributed by atoms with Crippen LogP contribution in [0.25, 0.3) is 10.1 Å². The molecule has 74 valence electrons. The van der Waals surface area contributed by atoms with Crippen molar-refractivity contribution >= 4 is 34.1 Å². The summed E-state index contributed by atoms with van der Waals surface area (Å²) in [6.45, 7) is -0.0117. The third-order valence-corrected chi connectivity index (χ3v) is 3.60. The van der Waals surface area contributed by atoms with Gasteiger partial charge in [-0.2, -0.15) is 0 Å². The van der Waals surface area contributed by atoms with Gasteiger partial charge in [0.2, 0.25) is 0 Å². The molecule has 14 heavy (non-hydrogen) atoms. The maximum absolute atomic E-state index is 9.14. The highest BCUT2D eigenvalue weighted by Crippen LogP contribution is 2.38. The van der Waals surface area contributed by atoms with Gasteiger partial charge in [-0.25, -0.2) is 0 Å². The van der Waals surface area contributed by atoms with Gasteiger partial charge in [0.1, 0.15) is 5.75 Å². The molecule has 0 saturated heterocycles. The molecule has 2 aromatic rings. The number of rotatable bonds is 2. The second-order valence-corrected chi connectivity index (χ2v) is 4.30. The van der Waals surface area contributed by atoms with Crippen molar-refractivity contribution in [1.82, 2.24) is 0 Å². The Labute approximate surface area is 91.5 Å². The summed E-state index contributed by atoms with van der Waals surface area (Å²) in [4.78, 5) is 0.900. The smallest absolute Gasteiger partial charge is 0.134 e. The molecule has 0 atom stereocenters. The van der Waals surface area contributed by atoms with Crippen molar-refractivity contribution in [2.75, 3.05) is 7.11 Å². The Morgan fingerprint density at radius 2 is 2.29 bits per heavy atom. The molecule has 0 unspecified atom stereocenters. The summed E-state index contributed by atoms with van der Waals surface area (Å²) in [6, 6.07) is 3.86. The van der Waals surface area contributed by atoms with Crippen LogP contribution in [-0.4, -0.2) is 12.2 Å². The van der Waals surface area contributed by atoms with E-state index >= 15 is 0 Å². The lowest BCUT2D eigenvalue weighted by molar-refractivity contribution is 0.274. The Morgan fingerprint density at radius 3 is 2.93 bits per heavy atom. The molecule has 1 aromatic heterocycles. The van der Waals surface area contributed by atoms with Crippen LogP contribution >= 0.6 is 24.0 Å². The zero-order valence-electron chi connectivity index (χ0n) is 7.65. The van der Waals surface area contributed by atoms with Gasteiger partial charge in [-0.05, 0) is 6.07 Å². The average Bonchev–Trinajstić information content (AvgIpc) is 2.59. The van der Waals surface area contributed by atoms with E-state index in [0.29, 0.717) is 0 Å². The molecule has 0 radical (unpaired) electrons. The third kappa shape index (κ3) is 1.39. The first-order valence-electron chi connectivity index (χ1n) is 4.14. The lowest BCUT2D eigenvalue weighted by Gasteiger charge is -2.07. The van der Waals surface area contributed by atoms with E-state index in [2.05, 4.69) is 12.6 Å². The molecule has 0 aliphatic carbocycles. The predicted octanol–water partition coefficient (Wildman–Crippen LogP) is 2.69. The fourth-order valence-electron chi connectivity index (χ4n) is 1.48. The monoisotopic (exact) mass is 226 g/mol. The molecule has 0 fully saturated rings. The normalized spacial score (nSPS) is 10.8. The van der Waals surface area contributed by atoms with Crippen molar-refractivity contribution in [2.24, 2.45) is 0 Å². The fourth-order valence-corrected chi connectivity index (χ4v) is 2.76. The average molecular weight is 226 g/mol. The minimum absolute atomic E-state index is 0.0117. The molecule has 0 aliphatic heterocycles.